The van der Waals surface area contributed by atoms with Crippen LogP contribution < -0.4 is 15.4 Å². The molecule has 1 aromatic rings. The van der Waals surface area contributed by atoms with E-state index in [0.717, 1.165) is 18.3 Å². The Kier molecular flexibility index (Phi) is 11.9. The van der Waals surface area contributed by atoms with Gasteiger partial charge in [0.25, 0.3) is 0 Å². The minimum atomic E-state index is 0. The SMILES string of the molecule is CN=C(NCc1ccc(OCCOC)cc1)NC(C)C(C)C.I. The van der Waals surface area contributed by atoms with Gasteiger partial charge in [-0.15, -0.1) is 24.0 Å². The van der Waals surface area contributed by atoms with Crippen LogP contribution in [0.15, 0.2) is 29.3 Å². The maximum absolute atomic E-state index is 5.55. The van der Waals surface area contributed by atoms with E-state index in [9.17, 15) is 0 Å². The lowest BCUT2D eigenvalue weighted by Gasteiger charge is -2.20. The minimum Gasteiger partial charge on any atom is -0.491 e. The Morgan fingerprint density at radius 1 is 1.13 bits per heavy atom. The predicted octanol–water partition coefficient (Wildman–Crippen LogP) is 3.04. The van der Waals surface area contributed by atoms with Gasteiger partial charge in [0.05, 0.1) is 6.61 Å². The molecule has 0 heterocycles. The summed E-state index contributed by atoms with van der Waals surface area (Å²) in [6.45, 7) is 8.42. The number of ether oxygens (including phenoxy) is 2. The fourth-order valence-electron chi connectivity index (χ4n) is 1.71. The topological polar surface area (TPSA) is 54.9 Å². The fraction of sp³-hybridized carbons (Fsp3) is 0.588. The van der Waals surface area contributed by atoms with Crippen molar-refractivity contribution in [3.8, 4) is 5.75 Å². The Balaban J connectivity index is 0.00000484. The van der Waals surface area contributed by atoms with Crippen molar-refractivity contribution in [2.24, 2.45) is 10.9 Å². The molecule has 1 rings (SSSR count). The molecule has 1 aromatic carbocycles. The molecule has 0 aliphatic heterocycles. The Bertz CT molecular complexity index is 450. The zero-order valence-corrected chi connectivity index (χ0v) is 17.1. The van der Waals surface area contributed by atoms with Gasteiger partial charge in [0, 0.05) is 26.7 Å². The molecule has 132 valence electrons. The van der Waals surface area contributed by atoms with Crippen molar-refractivity contribution in [1.82, 2.24) is 10.6 Å². The van der Waals surface area contributed by atoms with Crippen LogP contribution in [0.4, 0.5) is 0 Å². The third-order valence-electron chi connectivity index (χ3n) is 3.53. The first-order chi connectivity index (χ1) is 10.6. The number of nitrogens with one attached hydrogen (secondary N) is 2. The molecule has 0 fully saturated rings. The summed E-state index contributed by atoms with van der Waals surface area (Å²) in [5, 5.41) is 6.70. The molecule has 0 bridgehead atoms. The molecule has 0 aliphatic carbocycles. The van der Waals surface area contributed by atoms with Crippen LogP contribution in [0.5, 0.6) is 5.75 Å². The van der Waals surface area contributed by atoms with E-state index in [1.165, 1.54) is 5.56 Å². The first kappa shape index (κ1) is 22.0. The number of nitrogens with zero attached hydrogens (tertiary/aromatic N) is 1. The van der Waals surface area contributed by atoms with Crippen LogP contribution >= 0.6 is 24.0 Å². The normalized spacial score (nSPS) is 12.5. The summed E-state index contributed by atoms with van der Waals surface area (Å²) < 4.78 is 10.5. The van der Waals surface area contributed by atoms with Gasteiger partial charge in [0.1, 0.15) is 12.4 Å². The van der Waals surface area contributed by atoms with Crippen LogP contribution in [0.25, 0.3) is 0 Å². The Hall–Kier alpha value is -1.02. The maximum atomic E-state index is 5.55. The lowest BCUT2D eigenvalue weighted by atomic mass is 10.1. The number of aliphatic imine (C=N–C) groups is 1. The largest absolute Gasteiger partial charge is 0.491 e. The number of guanidine groups is 1. The monoisotopic (exact) mass is 435 g/mol. The highest BCUT2D eigenvalue weighted by Gasteiger charge is 2.08. The van der Waals surface area contributed by atoms with Crippen LogP contribution in [0.2, 0.25) is 0 Å². The van der Waals surface area contributed by atoms with Crippen molar-refractivity contribution in [3.05, 3.63) is 29.8 Å². The van der Waals surface area contributed by atoms with E-state index in [1.807, 2.05) is 24.3 Å². The van der Waals surface area contributed by atoms with Crippen molar-refractivity contribution in [3.63, 3.8) is 0 Å². The second-order valence-electron chi connectivity index (χ2n) is 5.59. The fourth-order valence-corrected chi connectivity index (χ4v) is 1.71. The average molecular weight is 435 g/mol. The summed E-state index contributed by atoms with van der Waals surface area (Å²) in [5.41, 5.74) is 1.18. The molecule has 0 spiro atoms. The molecule has 0 amide bonds. The predicted molar refractivity (Wildman–Crippen MR) is 107 cm³/mol. The molecule has 1 unspecified atom stereocenters. The highest BCUT2D eigenvalue weighted by atomic mass is 127. The second kappa shape index (κ2) is 12.4. The van der Waals surface area contributed by atoms with Gasteiger partial charge in [-0.3, -0.25) is 4.99 Å². The van der Waals surface area contributed by atoms with Gasteiger partial charge in [0.2, 0.25) is 0 Å². The van der Waals surface area contributed by atoms with Crippen molar-refractivity contribution >= 4 is 29.9 Å². The lowest BCUT2D eigenvalue weighted by molar-refractivity contribution is 0.146. The first-order valence-electron chi connectivity index (χ1n) is 7.74. The molecule has 2 N–H and O–H groups in total. The lowest BCUT2D eigenvalue weighted by Crippen LogP contribution is -2.43. The van der Waals surface area contributed by atoms with Crippen LogP contribution in [0.1, 0.15) is 26.3 Å². The average Bonchev–Trinajstić information content (AvgIpc) is 2.52. The summed E-state index contributed by atoms with van der Waals surface area (Å²) in [5.74, 6) is 2.24. The summed E-state index contributed by atoms with van der Waals surface area (Å²) in [6, 6.07) is 8.42. The van der Waals surface area contributed by atoms with Crippen LogP contribution in [-0.2, 0) is 11.3 Å². The molecule has 0 aliphatic rings. The highest BCUT2D eigenvalue weighted by molar-refractivity contribution is 14.0. The quantitative estimate of drug-likeness (QED) is 0.285. The van der Waals surface area contributed by atoms with Gasteiger partial charge >= 0.3 is 0 Å². The highest BCUT2D eigenvalue weighted by Crippen LogP contribution is 2.12. The van der Waals surface area contributed by atoms with Gasteiger partial charge < -0.3 is 20.1 Å². The number of hydrogen-bond acceptors (Lipinski definition) is 3. The maximum Gasteiger partial charge on any atom is 0.191 e. The molecule has 0 aromatic heterocycles. The van der Waals surface area contributed by atoms with E-state index >= 15 is 0 Å². The first-order valence-corrected chi connectivity index (χ1v) is 7.74. The number of hydrogen-bond donors (Lipinski definition) is 2. The number of rotatable bonds is 8. The number of benzene rings is 1. The number of methoxy groups -OCH3 is 1. The van der Waals surface area contributed by atoms with E-state index in [1.54, 1.807) is 14.2 Å². The molecule has 5 nitrogen and oxygen atoms in total. The number of halogens is 1. The molecular weight excluding hydrogens is 405 g/mol. The molecule has 0 saturated carbocycles. The third-order valence-corrected chi connectivity index (χ3v) is 3.53. The zero-order valence-electron chi connectivity index (χ0n) is 14.8. The van der Waals surface area contributed by atoms with Crippen LogP contribution in [0.3, 0.4) is 0 Å². The van der Waals surface area contributed by atoms with Crippen molar-refractivity contribution in [2.75, 3.05) is 27.4 Å². The van der Waals surface area contributed by atoms with Gasteiger partial charge in [-0.1, -0.05) is 26.0 Å². The van der Waals surface area contributed by atoms with Gasteiger partial charge in [0.15, 0.2) is 5.96 Å². The van der Waals surface area contributed by atoms with E-state index in [-0.39, 0.29) is 24.0 Å². The summed E-state index contributed by atoms with van der Waals surface area (Å²) >= 11 is 0. The zero-order chi connectivity index (χ0) is 16.4. The summed E-state index contributed by atoms with van der Waals surface area (Å²) in [4.78, 5) is 4.25. The van der Waals surface area contributed by atoms with Gasteiger partial charge in [-0.05, 0) is 30.5 Å². The summed E-state index contributed by atoms with van der Waals surface area (Å²) in [7, 11) is 3.45. The Morgan fingerprint density at radius 2 is 1.78 bits per heavy atom. The van der Waals surface area contributed by atoms with E-state index in [2.05, 4.69) is 36.4 Å². The Morgan fingerprint density at radius 3 is 2.30 bits per heavy atom. The van der Waals surface area contributed by atoms with Crippen molar-refractivity contribution < 1.29 is 9.47 Å². The Labute approximate surface area is 157 Å². The molecule has 1 atom stereocenters. The molecule has 0 saturated heterocycles. The molecule has 23 heavy (non-hydrogen) atoms. The minimum absolute atomic E-state index is 0. The van der Waals surface area contributed by atoms with E-state index in [0.29, 0.717) is 25.2 Å². The second-order valence-corrected chi connectivity index (χ2v) is 5.59. The van der Waals surface area contributed by atoms with Gasteiger partial charge in [-0.2, -0.15) is 0 Å². The van der Waals surface area contributed by atoms with Crippen molar-refractivity contribution in [1.29, 1.82) is 0 Å². The smallest absolute Gasteiger partial charge is 0.191 e. The van der Waals surface area contributed by atoms with E-state index < -0.39 is 0 Å². The molecular formula is C17H30IN3O2. The van der Waals surface area contributed by atoms with Crippen LogP contribution in [0, 0.1) is 5.92 Å². The third kappa shape index (κ3) is 9.00. The van der Waals surface area contributed by atoms with E-state index in [4.69, 9.17) is 9.47 Å². The standard InChI is InChI=1S/C17H29N3O2.HI/c1-13(2)14(3)20-17(18-4)19-12-15-6-8-16(9-7-15)22-11-10-21-5;/h6-9,13-14H,10-12H2,1-5H3,(H2,18,19,20);1H. The van der Waals surface area contributed by atoms with Crippen LogP contribution in [-0.4, -0.2) is 39.4 Å². The van der Waals surface area contributed by atoms with Gasteiger partial charge in [-0.25, -0.2) is 0 Å². The van der Waals surface area contributed by atoms with Crippen molar-refractivity contribution in [2.45, 2.75) is 33.4 Å². The summed E-state index contributed by atoms with van der Waals surface area (Å²) in [6.07, 6.45) is 0. The molecule has 6 heteroatoms. The molecule has 0 radical (unpaired) electrons.